The second kappa shape index (κ2) is 12.3. The van der Waals surface area contributed by atoms with Crippen molar-refractivity contribution in [3.8, 4) is 17.2 Å². The van der Waals surface area contributed by atoms with E-state index in [2.05, 4.69) is 11.9 Å². The summed E-state index contributed by atoms with van der Waals surface area (Å²) in [4.78, 5) is 16.9. The molecule has 36 heavy (non-hydrogen) atoms. The summed E-state index contributed by atoms with van der Waals surface area (Å²) >= 11 is 5.95. The highest BCUT2D eigenvalue weighted by molar-refractivity contribution is 6.30. The van der Waals surface area contributed by atoms with E-state index < -0.39 is 5.97 Å². The molecule has 0 saturated carbocycles. The van der Waals surface area contributed by atoms with Gasteiger partial charge in [0.05, 0.1) is 13.2 Å². The number of ether oxygens (including phenoxy) is 4. The molecule has 0 aliphatic carbocycles. The van der Waals surface area contributed by atoms with Gasteiger partial charge >= 0.3 is 5.97 Å². The van der Waals surface area contributed by atoms with Crippen molar-refractivity contribution in [1.29, 1.82) is 0 Å². The summed E-state index contributed by atoms with van der Waals surface area (Å²) in [6.45, 7) is 5.54. The quantitative estimate of drug-likeness (QED) is 0.162. The van der Waals surface area contributed by atoms with Crippen molar-refractivity contribution < 1.29 is 23.7 Å². The highest BCUT2D eigenvalue weighted by Gasteiger charge is 2.24. The molecule has 0 aromatic heterocycles. The van der Waals surface area contributed by atoms with Gasteiger partial charge in [0.15, 0.2) is 17.2 Å². The molecule has 7 heteroatoms. The van der Waals surface area contributed by atoms with Crippen LogP contribution in [0.5, 0.6) is 17.2 Å². The molecule has 0 atom stereocenters. The molecule has 0 spiro atoms. The number of benzene rings is 3. The maximum absolute atomic E-state index is 12.5. The van der Waals surface area contributed by atoms with Crippen LogP contribution in [0.25, 0.3) is 6.08 Å². The molecule has 0 amide bonds. The van der Waals surface area contributed by atoms with E-state index >= 15 is 0 Å². The Labute approximate surface area is 216 Å². The van der Waals surface area contributed by atoms with E-state index in [1.54, 1.807) is 6.08 Å². The first-order valence-electron chi connectivity index (χ1n) is 12.0. The normalized spacial score (nSPS) is 13.9. The van der Waals surface area contributed by atoms with Gasteiger partial charge in [-0.2, -0.15) is 0 Å². The van der Waals surface area contributed by atoms with Gasteiger partial charge in [-0.3, -0.25) is 0 Å². The van der Waals surface area contributed by atoms with Crippen LogP contribution in [-0.2, 0) is 16.1 Å². The Morgan fingerprint density at radius 3 is 2.42 bits per heavy atom. The SMILES string of the molecule is CCCCOc1ccc(C2=N/C(=C\c3ccc(OCc4ccc(Cl)cc4)c(OCC)c3)C(=O)O2)cc1. The molecular formula is C29H28ClNO5. The molecule has 1 aliphatic rings. The Hall–Kier alpha value is -3.77. The molecule has 0 bridgehead atoms. The standard InChI is InChI=1S/C29H28ClNO5/c1-3-5-16-34-24-13-9-22(10-14-24)28-31-25(29(32)36-28)17-21-8-15-26(27(18-21)33-4-2)35-19-20-6-11-23(30)12-7-20/h6-15,17-18H,3-5,16,19H2,1-2H3/b25-17-. The van der Waals surface area contributed by atoms with Crippen LogP contribution in [0, 0.1) is 0 Å². The monoisotopic (exact) mass is 505 g/mol. The van der Waals surface area contributed by atoms with E-state index in [0.29, 0.717) is 41.9 Å². The number of carbonyl (C=O) groups is 1. The van der Waals surface area contributed by atoms with Crippen molar-refractivity contribution in [2.75, 3.05) is 13.2 Å². The highest BCUT2D eigenvalue weighted by Crippen LogP contribution is 2.31. The number of halogens is 1. The van der Waals surface area contributed by atoms with Crippen molar-refractivity contribution in [3.05, 3.63) is 94.1 Å². The Kier molecular flexibility index (Phi) is 8.63. The zero-order valence-electron chi connectivity index (χ0n) is 20.3. The predicted octanol–water partition coefficient (Wildman–Crippen LogP) is 6.84. The maximum atomic E-state index is 12.5. The summed E-state index contributed by atoms with van der Waals surface area (Å²) in [5.74, 6) is 1.71. The van der Waals surface area contributed by atoms with Gasteiger partial charge in [0, 0.05) is 10.6 Å². The lowest BCUT2D eigenvalue weighted by Crippen LogP contribution is -2.05. The average molecular weight is 506 g/mol. The highest BCUT2D eigenvalue weighted by atomic mass is 35.5. The first-order valence-corrected chi connectivity index (χ1v) is 12.3. The predicted molar refractivity (Wildman–Crippen MR) is 141 cm³/mol. The number of esters is 1. The van der Waals surface area contributed by atoms with Crippen LogP contribution in [0.4, 0.5) is 0 Å². The molecular weight excluding hydrogens is 478 g/mol. The van der Waals surface area contributed by atoms with Gasteiger partial charge < -0.3 is 18.9 Å². The molecule has 0 fully saturated rings. The van der Waals surface area contributed by atoms with Crippen LogP contribution in [0.15, 0.2) is 77.4 Å². The van der Waals surface area contributed by atoms with Crippen molar-refractivity contribution in [1.82, 2.24) is 0 Å². The van der Waals surface area contributed by atoms with Gasteiger partial charge in [-0.15, -0.1) is 0 Å². The van der Waals surface area contributed by atoms with E-state index in [4.69, 9.17) is 30.5 Å². The topological polar surface area (TPSA) is 66.3 Å². The number of rotatable bonds is 11. The fourth-order valence-electron chi connectivity index (χ4n) is 3.46. The van der Waals surface area contributed by atoms with Gasteiger partial charge in [0.25, 0.3) is 0 Å². The van der Waals surface area contributed by atoms with Crippen molar-refractivity contribution in [2.24, 2.45) is 4.99 Å². The summed E-state index contributed by atoms with van der Waals surface area (Å²) in [6.07, 6.45) is 3.74. The summed E-state index contributed by atoms with van der Waals surface area (Å²) in [6, 6.07) is 20.3. The third kappa shape index (κ3) is 6.67. The largest absolute Gasteiger partial charge is 0.494 e. The van der Waals surface area contributed by atoms with E-state index in [-0.39, 0.29) is 11.6 Å². The molecule has 3 aromatic carbocycles. The van der Waals surface area contributed by atoms with Crippen LogP contribution in [-0.4, -0.2) is 25.1 Å². The number of hydrogen-bond acceptors (Lipinski definition) is 6. The fraction of sp³-hybridized carbons (Fsp3) is 0.241. The molecule has 0 N–H and O–H groups in total. The number of hydrogen-bond donors (Lipinski definition) is 0. The van der Waals surface area contributed by atoms with Gasteiger partial charge in [-0.05, 0) is 79.1 Å². The first-order chi connectivity index (χ1) is 17.6. The van der Waals surface area contributed by atoms with Gasteiger partial charge in [-0.1, -0.05) is 43.1 Å². The summed E-state index contributed by atoms with van der Waals surface area (Å²) in [5, 5.41) is 0.677. The minimum absolute atomic E-state index is 0.213. The lowest BCUT2D eigenvalue weighted by molar-refractivity contribution is -0.129. The molecule has 6 nitrogen and oxygen atoms in total. The lowest BCUT2D eigenvalue weighted by Gasteiger charge is -2.13. The van der Waals surface area contributed by atoms with Crippen LogP contribution in [0.1, 0.15) is 43.4 Å². The van der Waals surface area contributed by atoms with Crippen molar-refractivity contribution in [2.45, 2.75) is 33.3 Å². The molecule has 0 saturated heterocycles. The average Bonchev–Trinajstić information content (AvgIpc) is 3.25. The Balaban J connectivity index is 1.48. The second-order valence-electron chi connectivity index (χ2n) is 8.12. The second-order valence-corrected chi connectivity index (χ2v) is 8.55. The van der Waals surface area contributed by atoms with Crippen LogP contribution in [0.2, 0.25) is 5.02 Å². The van der Waals surface area contributed by atoms with Gasteiger partial charge in [0.1, 0.15) is 12.4 Å². The van der Waals surface area contributed by atoms with Crippen molar-refractivity contribution >= 4 is 29.5 Å². The fourth-order valence-corrected chi connectivity index (χ4v) is 3.59. The number of aliphatic imine (C=N–C) groups is 1. The first kappa shape index (κ1) is 25.3. The summed E-state index contributed by atoms with van der Waals surface area (Å²) < 4.78 is 22.8. The molecule has 186 valence electrons. The van der Waals surface area contributed by atoms with Crippen molar-refractivity contribution in [3.63, 3.8) is 0 Å². The van der Waals surface area contributed by atoms with Gasteiger partial charge in [0.2, 0.25) is 5.90 Å². The number of cyclic esters (lactones) is 1. The van der Waals surface area contributed by atoms with E-state index in [1.165, 1.54) is 0 Å². The number of unbranched alkanes of at least 4 members (excludes halogenated alkanes) is 1. The molecule has 0 unspecified atom stereocenters. The third-order valence-corrected chi connectivity index (χ3v) is 5.62. The van der Waals surface area contributed by atoms with E-state index in [1.807, 2.05) is 73.7 Å². The van der Waals surface area contributed by atoms with Crippen LogP contribution in [0.3, 0.4) is 0 Å². The molecule has 0 radical (unpaired) electrons. The smallest absolute Gasteiger partial charge is 0.363 e. The van der Waals surface area contributed by atoms with E-state index in [9.17, 15) is 4.79 Å². The minimum atomic E-state index is -0.505. The Morgan fingerprint density at radius 2 is 1.69 bits per heavy atom. The Morgan fingerprint density at radius 1 is 0.917 bits per heavy atom. The number of nitrogens with zero attached hydrogens (tertiary/aromatic N) is 1. The molecule has 3 aromatic rings. The summed E-state index contributed by atoms with van der Waals surface area (Å²) in [5.41, 5.74) is 2.65. The van der Waals surface area contributed by atoms with E-state index in [0.717, 1.165) is 29.7 Å². The number of carbonyl (C=O) groups excluding carboxylic acids is 1. The third-order valence-electron chi connectivity index (χ3n) is 5.37. The Bertz CT molecular complexity index is 1250. The van der Waals surface area contributed by atoms with Gasteiger partial charge in [-0.25, -0.2) is 9.79 Å². The maximum Gasteiger partial charge on any atom is 0.363 e. The van der Waals surface area contributed by atoms with Crippen LogP contribution >= 0.6 is 11.6 Å². The molecule has 1 aliphatic heterocycles. The lowest BCUT2D eigenvalue weighted by atomic mass is 10.1. The van der Waals surface area contributed by atoms with Crippen LogP contribution < -0.4 is 14.2 Å². The minimum Gasteiger partial charge on any atom is -0.494 e. The zero-order valence-corrected chi connectivity index (χ0v) is 21.1. The summed E-state index contributed by atoms with van der Waals surface area (Å²) in [7, 11) is 0. The molecule has 4 rings (SSSR count). The molecule has 1 heterocycles. The zero-order chi connectivity index (χ0) is 25.3.